The van der Waals surface area contributed by atoms with Crippen molar-refractivity contribution >= 4 is 17.9 Å². The predicted molar refractivity (Wildman–Crippen MR) is 67.0 cm³/mol. The highest BCUT2D eigenvalue weighted by molar-refractivity contribution is 6.01. The molecule has 0 spiro atoms. The van der Waals surface area contributed by atoms with E-state index in [1.165, 1.54) is 11.3 Å². The number of carbonyl (C=O) groups excluding carboxylic acids is 2. The zero-order valence-electron chi connectivity index (χ0n) is 10.4. The third-order valence-electron chi connectivity index (χ3n) is 3.21. The third-order valence-corrected chi connectivity index (χ3v) is 3.21. The fourth-order valence-corrected chi connectivity index (χ4v) is 2.17. The number of aliphatic imine (C=N–C) groups is 1. The van der Waals surface area contributed by atoms with E-state index in [1.54, 1.807) is 0 Å². The van der Waals surface area contributed by atoms with Crippen molar-refractivity contribution in [3.8, 4) is 0 Å². The Bertz CT molecular complexity index is 346. The second-order valence-electron chi connectivity index (χ2n) is 4.49. The molecular weight excluding hydrogens is 234 g/mol. The van der Waals surface area contributed by atoms with Crippen LogP contribution in [-0.4, -0.2) is 60.4 Å². The van der Waals surface area contributed by atoms with Crippen molar-refractivity contribution in [1.29, 1.82) is 0 Å². The average Bonchev–Trinajstić information content (AvgIpc) is 2.71. The Balaban J connectivity index is 1.79. The zero-order valence-corrected chi connectivity index (χ0v) is 10.4. The van der Waals surface area contributed by atoms with Crippen LogP contribution in [0.2, 0.25) is 0 Å². The maximum absolute atomic E-state index is 11.3. The molecule has 100 valence electrons. The molecule has 0 radical (unpaired) electrons. The van der Waals surface area contributed by atoms with E-state index < -0.39 is 0 Å². The molecule has 2 rings (SSSR count). The summed E-state index contributed by atoms with van der Waals surface area (Å²) >= 11 is 0. The van der Waals surface area contributed by atoms with Gasteiger partial charge in [0.1, 0.15) is 0 Å². The van der Waals surface area contributed by atoms with Gasteiger partial charge in [-0.2, -0.15) is 0 Å². The molecule has 2 saturated heterocycles. The van der Waals surface area contributed by atoms with E-state index >= 15 is 0 Å². The van der Waals surface area contributed by atoms with Gasteiger partial charge in [-0.05, 0) is 19.3 Å². The van der Waals surface area contributed by atoms with Gasteiger partial charge in [0.25, 0.3) is 0 Å². The number of urea groups is 1. The fraction of sp³-hybridized carbons (Fsp3) is 0.727. The minimum Gasteiger partial charge on any atom is -0.370 e. The number of imide groups is 1. The molecule has 0 aromatic rings. The molecule has 3 amide bonds. The van der Waals surface area contributed by atoms with Crippen LogP contribution in [0.1, 0.15) is 19.3 Å². The Kier molecular flexibility index (Phi) is 4.01. The van der Waals surface area contributed by atoms with E-state index in [0.717, 1.165) is 25.9 Å². The first kappa shape index (κ1) is 12.7. The van der Waals surface area contributed by atoms with Crippen LogP contribution in [0.5, 0.6) is 0 Å². The first-order valence-corrected chi connectivity index (χ1v) is 6.31. The van der Waals surface area contributed by atoms with Crippen LogP contribution in [0.25, 0.3) is 0 Å². The minimum atomic E-state index is -0.341. The Labute approximate surface area is 106 Å². The maximum Gasteiger partial charge on any atom is 0.324 e. The van der Waals surface area contributed by atoms with Gasteiger partial charge in [-0.3, -0.25) is 14.7 Å². The summed E-state index contributed by atoms with van der Waals surface area (Å²) in [5.41, 5.74) is 5.87. The fourth-order valence-electron chi connectivity index (χ4n) is 2.17. The number of piperidine rings is 1. The van der Waals surface area contributed by atoms with E-state index in [2.05, 4.69) is 15.2 Å². The summed E-state index contributed by atoms with van der Waals surface area (Å²) in [5.74, 6) is 0.313. The van der Waals surface area contributed by atoms with Gasteiger partial charge >= 0.3 is 6.03 Å². The lowest BCUT2D eigenvalue weighted by Crippen LogP contribution is -2.41. The highest BCUT2D eigenvalue weighted by atomic mass is 16.2. The number of carbonyl (C=O) groups is 2. The van der Waals surface area contributed by atoms with Crippen molar-refractivity contribution in [2.24, 2.45) is 10.7 Å². The van der Waals surface area contributed by atoms with Crippen molar-refractivity contribution < 1.29 is 9.59 Å². The summed E-state index contributed by atoms with van der Waals surface area (Å²) in [6.45, 7) is 2.63. The first-order chi connectivity index (χ1) is 8.68. The quantitative estimate of drug-likeness (QED) is 0.397. The van der Waals surface area contributed by atoms with Gasteiger partial charge in [-0.25, -0.2) is 4.79 Å². The molecule has 0 atom stereocenters. The lowest BCUT2D eigenvalue weighted by atomic mass is 10.1. The van der Waals surface area contributed by atoms with E-state index in [4.69, 9.17) is 5.73 Å². The van der Waals surface area contributed by atoms with Crippen molar-refractivity contribution in [3.05, 3.63) is 0 Å². The molecule has 2 aliphatic rings. The van der Waals surface area contributed by atoms with Crippen molar-refractivity contribution in [3.63, 3.8) is 0 Å². The standard InChI is InChI=1S/C11H19N5O2/c12-10(15-5-2-1-3-6-15)13-4-7-16-9(17)8-14-11(16)18/h1-8H2,(H2,12,13)(H,14,18). The van der Waals surface area contributed by atoms with Gasteiger partial charge in [0, 0.05) is 13.1 Å². The van der Waals surface area contributed by atoms with Crippen LogP contribution >= 0.6 is 0 Å². The number of hydrogen-bond acceptors (Lipinski definition) is 3. The smallest absolute Gasteiger partial charge is 0.324 e. The predicted octanol–water partition coefficient (Wildman–Crippen LogP) is -0.661. The molecule has 0 aromatic carbocycles. The van der Waals surface area contributed by atoms with Gasteiger partial charge < -0.3 is 16.0 Å². The summed E-state index contributed by atoms with van der Waals surface area (Å²) in [6.07, 6.45) is 3.53. The van der Waals surface area contributed by atoms with Gasteiger partial charge in [0.05, 0.1) is 19.6 Å². The molecule has 7 heteroatoms. The van der Waals surface area contributed by atoms with Crippen molar-refractivity contribution in [2.75, 3.05) is 32.7 Å². The maximum atomic E-state index is 11.3. The Morgan fingerprint density at radius 2 is 2.00 bits per heavy atom. The van der Waals surface area contributed by atoms with Crippen LogP contribution in [0, 0.1) is 0 Å². The highest BCUT2D eigenvalue weighted by Gasteiger charge is 2.27. The normalized spacial score (nSPS) is 21.4. The Morgan fingerprint density at radius 3 is 2.61 bits per heavy atom. The zero-order chi connectivity index (χ0) is 13.0. The minimum absolute atomic E-state index is 0.0875. The van der Waals surface area contributed by atoms with Gasteiger partial charge in [0.15, 0.2) is 5.96 Å². The van der Waals surface area contributed by atoms with Crippen LogP contribution in [-0.2, 0) is 4.79 Å². The summed E-state index contributed by atoms with van der Waals surface area (Å²) in [7, 11) is 0. The van der Waals surface area contributed by atoms with Crippen LogP contribution < -0.4 is 11.1 Å². The van der Waals surface area contributed by atoms with Gasteiger partial charge in [-0.1, -0.05) is 0 Å². The van der Waals surface area contributed by atoms with Crippen molar-refractivity contribution in [2.45, 2.75) is 19.3 Å². The third kappa shape index (κ3) is 2.91. The average molecular weight is 253 g/mol. The van der Waals surface area contributed by atoms with Crippen LogP contribution in [0.4, 0.5) is 4.79 Å². The molecular formula is C11H19N5O2. The molecule has 0 saturated carbocycles. The highest BCUT2D eigenvalue weighted by Crippen LogP contribution is 2.07. The van der Waals surface area contributed by atoms with Crippen molar-refractivity contribution in [1.82, 2.24) is 15.1 Å². The topological polar surface area (TPSA) is 91.0 Å². The lowest BCUT2D eigenvalue weighted by molar-refractivity contribution is -0.124. The van der Waals surface area contributed by atoms with E-state index in [-0.39, 0.29) is 18.5 Å². The second kappa shape index (κ2) is 5.70. The van der Waals surface area contributed by atoms with Gasteiger partial charge in [-0.15, -0.1) is 0 Å². The van der Waals surface area contributed by atoms with Gasteiger partial charge in [0.2, 0.25) is 5.91 Å². The van der Waals surface area contributed by atoms with E-state index in [1.807, 2.05) is 0 Å². The molecule has 0 unspecified atom stereocenters. The number of nitrogens with two attached hydrogens (primary N) is 1. The van der Waals surface area contributed by atoms with Crippen LogP contribution in [0.3, 0.4) is 0 Å². The summed E-state index contributed by atoms with van der Waals surface area (Å²) in [6, 6.07) is -0.341. The molecule has 7 nitrogen and oxygen atoms in total. The number of likely N-dealkylation sites (tertiary alicyclic amines) is 1. The molecule has 0 aromatic heterocycles. The Hall–Kier alpha value is -1.79. The summed E-state index contributed by atoms with van der Waals surface area (Å²) in [5, 5.41) is 2.47. The van der Waals surface area contributed by atoms with E-state index in [0.29, 0.717) is 19.0 Å². The van der Waals surface area contributed by atoms with E-state index in [9.17, 15) is 9.59 Å². The molecule has 18 heavy (non-hydrogen) atoms. The number of nitrogens with one attached hydrogen (secondary N) is 1. The molecule has 2 heterocycles. The largest absolute Gasteiger partial charge is 0.370 e. The lowest BCUT2D eigenvalue weighted by Gasteiger charge is -2.27. The Morgan fingerprint density at radius 1 is 1.28 bits per heavy atom. The molecule has 3 N–H and O–H groups in total. The molecule has 2 fully saturated rings. The first-order valence-electron chi connectivity index (χ1n) is 6.31. The molecule has 2 aliphatic heterocycles. The summed E-state index contributed by atoms with van der Waals surface area (Å²) in [4.78, 5) is 30.0. The molecule has 0 bridgehead atoms. The van der Waals surface area contributed by atoms with Crippen LogP contribution in [0.15, 0.2) is 4.99 Å². The molecule has 0 aliphatic carbocycles. The number of rotatable bonds is 3. The second-order valence-corrected chi connectivity index (χ2v) is 4.49. The number of hydrogen-bond donors (Lipinski definition) is 2. The monoisotopic (exact) mass is 253 g/mol. The summed E-state index contributed by atoms with van der Waals surface area (Å²) < 4.78 is 0. The number of amides is 3. The number of guanidine groups is 1. The number of nitrogens with zero attached hydrogens (tertiary/aromatic N) is 3. The SMILES string of the molecule is NC(=NCCN1C(=O)CNC1=O)N1CCCCC1.